The zero-order chi connectivity index (χ0) is 13.3. The van der Waals surface area contributed by atoms with Gasteiger partial charge in [0.05, 0.1) is 5.69 Å². The molecule has 2 heterocycles. The van der Waals surface area contributed by atoms with Crippen LogP contribution in [0.25, 0.3) is 0 Å². The average Bonchev–Trinajstić information content (AvgIpc) is 2.70. The molecule has 0 saturated carbocycles. The van der Waals surface area contributed by atoms with Crippen molar-refractivity contribution in [2.24, 2.45) is 5.41 Å². The monoisotopic (exact) mass is 267 g/mol. The van der Waals surface area contributed by atoms with Crippen molar-refractivity contribution in [1.82, 2.24) is 10.3 Å². The molecule has 18 heavy (non-hydrogen) atoms. The molecular formula is C14H25N3S. The third kappa shape index (κ3) is 2.86. The molecule has 1 aliphatic rings. The molecule has 1 aromatic rings. The highest BCUT2D eigenvalue weighted by atomic mass is 32.1. The van der Waals surface area contributed by atoms with Crippen molar-refractivity contribution < 1.29 is 0 Å². The van der Waals surface area contributed by atoms with E-state index in [0.717, 1.165) is 13.1 Å². The van der Waals surface area contributed by atoms with Gasteiger partial charge in [-0.1, -0.05) is 13.8 Å². The van der Waals surface area contributed by atoms with E-state index in [2.05, 4.69) is 37.9 Å². The summed E-state index contributed by atoms with van der Waals surface area (Å²) in [5.41, 5.74) is 1.69. The lowest BCUT2D eigenvalue weighted by Crippen LogP contribution is -2.37. The van der Waals surface area contributed by atoms with Crippen LogP contribution in [0.5, 0.6) is 0 Å². The normalized spacial score (nSPS) is 21.1. The van der Waals surface area contributed by atoms with Gasteiger partial charge >= 0.3 is 0 Å². The fraction of sp³-hybridized carbons (Fsp3) is 0.786. The highest BCUT2D eigenvalue weighted by Gasteiger charge is 2.27. The summed E-state index contributed by atoms with van der Waals surface area (Å²) in [6.07, 6.45) is 2.53. The summed E-state index contributed by atoms with van der Waals surface area (Å²) < 4.78 is 0. The van der Waals surface area contributed by atoms with Crippen molar-refractivity contribution in [2.75, 3.05) is 25.0 Å². The van der Waals surface area contributed by atoms with Crippen LogP contribution in [0.1, 0.15) is 50.2 Å². The van der Waals surface area contributed by atoms with Gasteiger partial charge in [0, 0.05) is 24.0 Å². The van der Waals surface area contributed by atoms with E-state index in [1.54, 1.807) is 0 Å². The first-order valence-electron chi connectivity index (χ1n) is 6.82. The Bertz CT molecular complexity index is 401. The number of aromatic nitrogens is 1. The summed E-state index contributed by atoms with van der Waals surface area (Å²) in [6, 6.07) is 0.400. The quantitative estimate of drug-likeness (QED) is 0.910. The topological polar surface area (TPSA) is 28.2 Å². The van der Waals surface area contributed by atoms with E-state index in [1.807, 2.05) is 18.4 Å². The highest BCUT2D eigenvalue weighted by Crippen LogP contribution is 2.36. The van der Waals surface area contributed by atoms with E-state index in [0.29, 0.717) is 11.5 Å². The van der Waals surface area contributed by atoms with Crippen molar-refractivity contribution >= 4 is 16.5 Å². The molecule has 0 radical (unpaired) electrons. The number of piperidine rings is 1. The number of nitrogens with one attached hydrogen (secondary N) is 1. The van der Waals surface area contributed by atoms with Gasteiger partial charge in [0.1, 0.15) is 0 Å². The predicted molar refractivity (Wildman–Crippen MR) is 79.6 cm³/mol. The smallest absolute Gasteiger partial charge is 0.185 e. The molecule has 2 rings (SSSR count). The average molecular weight is 267 g/mol. The Kier molecular flexibility index (Phi) is 3.97. The molecule has 102 valence electrons. The maximum absolute atomic E-state index is 4.76. The number of nitrogens with zero attached hydrogens (tertiary/aromatic N) is 2. The largest absolute Gasteiger partial charge is 0.348 e. The van der Waals surface area contributed by atoms with Crippen LogP contribution < -0.4 is 10.2 Å². The Morgan fingerprint density at radius 1 is 1.33 bits per heavy atom. The van der Waals surface area contributed by atoms with Crippen molar-refractivity contribution in [2.45, 2.75) is 46.6 Å². The molecule has 1 aliphatic heterocycles. The van der Waals surface area contributed by atoms with Crippen LogP contribution in [0, 0.1) is 12.3 Å². The van der Waals surface area contributed by atoms with Gasteiger partial charge in [0.2, 0.25) is 0 Å². The van der Waals surface area contributed by atoms with Crippen molar-refractivity contribution in [3.8, 4) is 0 Å². The third-order valence-corrected chi connectivity index (χ3v) is 5.44. The zero-order valence-electron chi connectivity index (χ0n) is 12.2. The Balaban J connectivity index is 2.11. The Labute approximate surface area is 115 Å². The van der Waals surface area contributed by atoms with E-state index in [4.69, 9.17) is 4.98 Å². The van der Waals surface area contributed by atoms with Crippen LogP contribution in [0.2, 0.25) is 0 Å². The van der Waals surface area contributed by atoms with E-state index in [9.17, 15) is 0 Å². The lowest BCUT2D eigenvalue weighted by Gasteiger charge is -2.36. The molecule has 1 atom stereocenters. The van der Waals surface area contributed by atoms with Crippen LogP contribution >= 0.6 is 11.3 Å². The molecule has 1 fully saturated rings. The van der Waals surface area contributed by atoms with Gasteiger partial charge in [0.15, 0.2) is 5.13 Å². The second kappa shape index (κ2) is 5.17. The van der Waals surface area contributed by atoms with E-state index in [1.165, 1.54) is 28.5 Å². The molecule has 1 unspecified atom stereocenters. The van der Waals surface area contributed by atoms with Gasteiger partial charge < -0.3 is 10.2 Å². The fourth-order valence-electron chi connectivity index (χ4n) is 2.36. The molecule has 0 amide bonds. The molecule has 3 nitrogen and oxygen atoms in total. The molecule has 0 aliphatic carbocycles. The number of rotatable bonds is 3. The predicted octanol–water partition coefficient (Wildman–Crippen LogP) is 3.36. The van der Waals surface area contributed by atoms with Crippen LogP contribution in [-0.4, -0.2) is 25.1 Å². The number of thiazole rings is 1. The first kappa shape index (κ1) is 13.8. The first-order valence-corrected chi connectivity index (χ1v) is 7.64. The van der Waals surface area contributed by atoms with Gasteiger partial charge in [-0.2, -0.15) is 0 Å². The first-order chi connectivity index (χ1) is 8.43. The van der Waals surface area contributed by atoms with E-state index >= 15 is 0 Å². The van der Waals surface area contributed by atoms with Crippen LogP contribution in [-0.2, 0) is 0 Å². The molecule has 1 N–H and O–H groups in total. The van der Waals surface area contributed by atoms with E-state index < -0.39 is 0 Å². The highest BCUT2D eigenvalue weighted by molar-refractivity contribution is 7.15. The lowest BCUT2D eigenvalue weighted by atomic mass is 9.83. The standard InChI is InChI=1S/C14H25N3S/c1-10(15-5)12-11(2)16-13(18-12)17-8-6-14(3,4)7-9-17/h10,15H,6-9H2,1-5H3. The summed E-state index contributed by atoms with van der Waals surface area (Å²) in [7, 11) is 2.01. The molecule has 1 aromatic heterocycles. The molecular weight excluding hydrogens is 242 g/mol. The summed E-state index contributed by atoms with van der Waals surface area (Å²) in [5.74, 6) is 0. The van der Waals surface area contributed by atoms with Gasteiger partial charge in [-0.05, 0) is 39.2 Å². The minimum absolute atomic E-state index is 0.400. The number of anilines is 1. The van der Waals surface area contributed by atoms with E-state index in [-0.39, 0.29) is 0 Å². The molecule has 0 aromatic carbocycles. The van der Waals surface area contributed by atoms with Gasteiger partial charge in [0.25, 0.3) is 0 Å². The Morgan fingerprint density at radius 2 is 1.94 bits per heavy atom. The molecule has 1 saturated heterocycles. The van der Waals surface area contributed by atoms with Crippen molar-refractivity contribution in [1.29, 1.82) is 0 Å². The molecule has 4 heteroatoms. The summed E-state index contributed by atoms with van der Waals surface area (Å²) in [6.45, 7) is 11.3. The molecule has 0 bridgehead atoms. The van der Waals surface area contributed by atoms with Crippen LogP contribution in [0.15, 0.2) is 0 Å². The van der Waals surface area contributed by atoms with Gasteiger partial charge in [-0.25, -0.2) is 4.98 Å². The number of hydrogen-bond acceptors (Lipinski definition) is 4. The van der Waals surface area contributed by atoms with Crippen LogP contribution in [0.3, 0.4) is 0 Å². The summed E-state index contributed by atoms with van der Waals surface area (Å²) in [5, 5.41) is 4.51. The van der Waals surface area contributed by atoms with Gasteiger partial charge in [-0.3, -0.25) is 0 Å². The number of hydrogen-bond donors (Lipinski definition) is 1. The van der Waals surface area contributed by atoms with Crippen molar-refractivity contribution in [3.63, 3.8) is 0 Å². The lowest BCUT2D eigenvalue weighted by molar-refractivity contribution is 0.279. The maximum atomic E-state index is 4.76. The minimum Gasteiger partial charge on any atom is -0.348 e. The Morgan fingerprint density at radius 3 is 2.50 bits per heavy atom. The zero-order valence-corrected chi connectivity index (χ0v) is 13.0. The minimum atomic E-state index is 0.400. The van der Waals surface area contributed by atoms with Crippen molar-refractivity contribution in [3.05, 3.63) is 10.6 Å². The summed E-state index contributed by atoms with van der Waals surface area (Å²) >= 11 is 1.85. The maximum Gasteiger partial charge on any atom is 0.185 e. The van der Waals surface area contributed by atoms with Gasteiger partial charge in [-0.15, -0.1) is 11.3 Å². The molecule has 0 spiro atoms. The summed E-state index contributed by atoms with van der Waals surface area (Å²) in [4.78, 5) is 8.58. The SMILES string of the molecule is CNC(C)c1sc(N2CCC(C)(C)CC2)nc1C. The second-order valence-corrected chi connectivity index (χ2v) is 7.12. The fourth-order valence-corrected chi connectivity index (χ4v) is 3.54. The van der Waals surface area contributed by atoms with Crippen LogP contribution in [0.4, 0.5) is 5.13 Å². The Hall–Kier alpha value is -0.610. The second-order valence-electron chi connectivity index (χ2n) is 6.11. The third-order valence-electron chi connectivity index (χ3n) is 4.03. The number of aryl methyl sites for hydroxylation is 1.